The predicted molar refractivity (Wildman–Crippen MR) is 69.5 cm³/mol. The van der Waals surface area contributed by atoms with Crippen molar-refractivity contribution in [3.8, 4) is 0 Å². The average molecular weight is 238 g/mol. The van der Waals surface area contributed by atoms with Crippen LogP contribution in [-0.2, 0) is 4.79 Å². The third-order valence-electron chi connectivity index (χ3n) is 5.19. The predicted octanol–water partition coefficient (Wildman–Crippen LogP) is 2.37. The Morgan fingerprint density at radius 2 is 1.88 bits per heavy atom. The van der Waals surface area contributed by atoms with E-state index in [2.05, 4.69) is 44.8 Å². The van der Waals surface area contributed by atoms with E-state index in [-0.39, 0.29) is 16.9 Å². The largest absolute Gasteiger partial charge is 0.324 e. The van der Waals surface area contributed by atoms with Crippen molar-refractivity contribution in [3.63, 3.8) is 0 Å². The van der Waals surface area contributed by atoms with Crippen LogP contribution in [0, 0.1) is 10.8 Å². The first kappa shape index (κ1) is 12.9. The monoisotopic (exact) mass is 238 g/mol. The summed E-state index contributed by atoms with van der Waals surface area (Å²) < 4.78 is 0. The van der Waals surface area contributed by atoms with Gasteiger partial charge in [-0.25, -0.2) is 0 Å². The highest BCUT2D eigenvalue weighted by Crippen LogP contribution is 2.65. The zero-order chi connectivity index (χ0) is 12.8. The fraction of sp³-hybridized carbons (Fsp3) is 0.929. The molecule has 1 aliphatic heterocycles. The summed E-state index contributed by atoms with van der Waals surface area (Å²) in [5, 5.41) is 3.36. The van der Waals surface area contributed by atoms with Crippen molar-refractivity contribution in [1.29, 1.82) is 0 Å². The van der Waals surface area contributed by atoms with Gasteiger partial charge < -0.3 is 4.90 Å². The van der Waals surface area contributed by atoms with Gasteiger partial charge in [0.15, 0.2) is 0 Å². The van der Waals surface area contributed by atoms with E-state index < -0.39 is 0 Å². The van der Waals surface area contributed by atoms with Gasteiger partial charge >= 0.3 is 0 Å². The molecule has 1 saturated carbocycles. The first-order valence-electron chi connectivity index (χ1n) is 6.88. The highest BCUT2D eigenvalue weighted by molar-refractivity contribution is 5.84. The first-order valence-corrected chi connectivity index (χ1v) is 6.88. The number of amides is 1. The maximum Gasteiger partial charge on any atom is 0.241 e. The summed E-state index contributed by atoms with van der Waals surface area (Å²) >= 11 is 0. The van der Waals surface area contributed by atoms with Crippen LogP contribution < -0.4 is 5.32 Å². The Balaban J connectivity index is 2.00. The molecule has 0 spiro atoms. The van der Waals surface area contributed by atoms with E-state index in [0.29, 0.717) is 11.9 Å². The molecule has 2 rings (SSSR count). The molecule has 1 aliphatic carbocycles. The molecule has 1 N–H and O–H groups in total. The summed E-state index contributed by atoms with van der Waals surface area (Å²) in [5.74, 6) is 0.321. The van der Waals surface area contributed by atoms with E-state index in [1.165, 1.54) is 0 Å². The lowest BCUT2D eigenvalue weighted by molar-refractivity contribution is -0.130. The Labute approximate surface area is 105 Å². The first-order chi connectivity index (χ1) is 7.84. The third kappa shape index (κ3) is 1.79. The molecule has 98 valence electrons. The van der Waals surface area contributed by atoms with Gasteiger partial charge in [0.25, 0.3) is 0 Å². The second-order valence-electron chi connectivity index (χ2n) is 6.71. The number of hydrogen-bond acceptors (Lipinski definition) is 2. The molecule has 0 aromatic carbocycles. The molecule has 0 bridgehead atoms. The fourth-order valence-corrected chi connectivity index (χ4v) is 3.37. The minimum absolute atomic E-state index is 0.0714. The minimum Gasteiger partial charge on any atom is -0.324 e. The SMILES string of the molecule is CCCCC1NCN(C2C(C)(C)C2(C)C)C1=O. The third-order valence-corrected chi connectivity index (χ3v) is 5.19. The van der Waals surface area contributed by atoms with Gasteiger partial charge in [-0.05, 0) is 17.3 Å². The van der Waals surface area contributed by atoms with Gasteiger partial charge in [-0.15, -0.1) is 0 Å². The molecule has 17 heavy (non-hydrogen) atoms. The number of carbonyl (C=O) groups is 1. The maximum absolute atomic E-state index is 12.3. The van der Waals surface area contributed by atoms with Crippen molar-refractivity contribution in [3.05, 3.63) is 0 Å². The van der Waals surface area contributed by atoms with Gasteiger partial charge in [0.05, 0.1) is 12.7 Å². The standard InChI is InChI=1S/C14H26N2O/c1-6-7-8-10-11(17)16(9-15-10)12-13(2,3)14(12,4)5/h10,12,15H,6-9H2,1-5H3. The number of unbranched alkanes of at least 4 members (excludes halogenated alkanes) is 1. The summed E-state index contributed by atoms with van der Waals surface area (Å²) in [6, 6.07) is 0.476. The van der Waals surface area contributed by atoms with Crippen LogP contribution in [0.15, 0.2) is 0 Å². The van der Waals surface area contributed by atoms with Gasteiger partial charge in [-0.2, -0.15) is 0 Å². The van der Waals surface area contributed by atoms with E-state index in [0.717, 1.165) is 25.9 Å². The summed E-state index contributed by atoms with van der Waals surface area (Å²) in [4.78, 5) is 14.4. The zero-order valence-corrected chi connectivity index (χ0v) is 11.8. The molecular formula is C14H26N2O. The van der Waals surface area contributed by atoms with Gasteiger partial charge in [0.2, 0.25) is 5.91 Å². The summed E-state index contributed by atoms with van der Waals surface area (Å²) in [7, 11) is 0. The van der Waals surface area contributed by atoms with E-state index in [9.17, 15) is 4.79 Å². The van der Waals surface area contributed by atoms with Crippen LogP contribution in [0.3, 0.4) is 0 Å². The highest BCUT2D eigenvalue weighted by atomic mass is 16.2. The molecule has 1 saturated heterocycles. The van der Waals surface area contributed by atoms with Crippen molar-refractivity contribution in [2.45, 2.75) is 66.0 Å². The molecule has 0 aromatic rings. The quantitative estimate of drug-likeness (QED) is 0.815. The number of nitrogens with zero attached hydrogens (tertiary/aromatic N) is 1. The van der Waals surface area contributed by atoms with Gasteiger partial charge in [0, 0.05) is 6.04 Å². The Bertz CT molecular complexity index is 308. The van der Waals surface area contributed by atoms with Crippen molar-refractivity contribution < 1.29 is 4.79 Å². The summed E-state index contributed by atoms with van der Waals surface area (Å²) in [5.41, 5.74) is 0.508. The fourth-order valence-electron chi connectivity index (χ4n) is 3.37. The zero-order valence-electron chi connectivity index (χ0n) is 11.8. The number of hydrogen-bond donors (Lipinski definition) is 1. The lowest BCUT2D eigenvalue weighted by Gasteiger charge is -2.18. The Hall–Kier alpha value is -0.570. The Morgan fingerprint density at radius 3 is 2.35 bits per heavy atom. The Morgan fingerprint density at radius 1 is 1.29 bits per heavy atom. The van der Waals surface area contributed by atoms with Crippen molar-refractivity contribution >= 4 is 5.91 Å². The van der Waals surface area contributed by atoms with Crippen LogP contribution in [0.5, 0.6) is 0 Å². The van der Waals surface area contributed by atoms with E-state index in [4.69, 9.17) is 0 Å². The van der Waals surface area contributed by atoms with Crippen LogP contribution in [-0.4, -0.2) is 29.6 Å². The van der Waals surface area contributed by atoms with Crippen LogP contribution >= 0.6 is 0 Å². The van der Waals surface area contributed by atoms with Crippen LogP contribution in [0.25, 0.3) is 0 Å². The molecule has 0 radical (unpaired) electrons. The van der Waals surface area contributed by atoms with E-state index in [1.807, 2.05) is 0 Å². The van der Waals surface area contributed by atoms with E-state index >= 15 is 0 Å². The van der Waals surface area contributed by atoms with Gasteiger partial charge in [-0.1, -0.05) is 47.5 Å². The molecule has 1 atom stereocenters. The highest BCUT2D eigenvalue weighted by Gasteiger charge is 2.68. The second-order valence-corrected chi connectivity index (χ2v) is 6.71. The van der Waals surface area contributed by atoms with Crippen LogP contribution in [0.2, 0.25) is 0 Å². The molecule has 3 heteroatoms. The Kier molecular flexibility index (Phi) is 3.01. The number of rotatable bonds is 4. The lowest BCUT2D eigenvalue weighted by Crippen LogP contribution is -2.34. The van der Waals surface area contributed by atoms with Crippen molar-refractivity contribution in [2.24, 2.45) is 10.8 Å². The van der Waals surface area contributed by atoms with Crippen LogP contribution in [0.1, 0.15) is 53.9 Å². The molecule has 2 aliphatic rings. The molecule has 3 nitrogen and oxygen atoms in total. The smallest absolute Gasteiger partial charge is 0.241 e. The average Bonchev–Trinajstić information content (AvgIpc) is 2.54. The van der Waals surface area contributed by atoms with Gasteiger partial charge in [0.1, 0.15) is 0 Å². The molecule has 2 fully saturated rings. The van der Waals surface area contributed by atoms with Crippen molar-refractivity contribution in [1.82, 2.24) is 10.2 Å². The van der Waals surface area contributed by atoms with Crippen LogP contribution in [0.4, 0.5) is 0 Å². The van der Waals surface area contributed by atoms with Crippen molar-refractivity contribution in [2.75, 3.05) is 6.67 Å². The molecular weight excluding hydrogens is 212 g/mol. The normalized spacial score (nSPS) is 31.0. The minimum atomic E-state index is 0.0714. The number of carbonyl (C=O) groups excluding carboxylic acids is 1. The molecule has 1 unspecified atom stereocenters. The molecule has 0 aromatic heterocycles. The second kappa shape index (κ2) is 3.98. The maximum atomic E-state index is 12.3. The number of nitrogens with one attached hydrogen (secondary N) is 1. The molecule has 1 amide bonds. The topological polar surface area (TPSA) is 32.3 Å². The molecule has 1 heterocycles. The summed E-state index contributed by atoms with van der Waals surface area (Å²) in [6.45, 7) is 12.0. The lowest BCUT2D eigenvalue weighted by atomic mass is 10.0. The summed E-state index contributed by atoms with van der Waals surface area (Å²) in [6.07, 6.45) is 3.28. The van der Waals surface area contributed by atoms with E-state index in [1.54, 1.807) is 0 Å². The van der Waals surface area contributed by atoms with Gasteiger partial charge in [-0.3, -0.25) is 10.1 Å².